The van der Waals surface area contributed by atoms with E-state index in [1.807, 2.05) is 22.1 Å². The molecule has 210 valence electrons. The minimum atomic E-state index is -0.131. The molecule has 0 unspecified atom stereocenters. The van der Waals surface area contributed by atoms with Gasteiger partial charge >= 0.3 is 0 Å². The number of nitrogens with zero attached hydrogens (tertiary/aromatic N) is 5. The number of carbonyl (C=O) groups is 1. The molecule has 6 rings (SSSR count). The van der Waals surface area contributed by atoms with Crippen molar-refractivity contribution in [3.63, 3.8) is 0 Å². The van der Waals surface area contributed by atoms with E-state index in [0.717, 1.165) is 37.5 Å². The van der Waals surface area contributed by atoms with Gasteiger partial charge in [0.05, 0.1) is 22.7 Å². The SMILES string of the molecule is O=C(NC1CCN(Cc2ccccc2)CC1)c1csc(CSc2nnc(-c3ccco3)n2-c2cc(Cl)ccc2Cl)n1. The number of hydrogen-bond acceptors (Lipinski definition) is 8. The predicted octanol–water partition coefficient (Wildman–Crippen LogP) is 6.98. The minimum Gasteiger partial charge on any atom is -0.461 e. The van der Waals surface area contributed by atoms with E-state index >= 15 is 0 Å². The molecule has 41 heavy (non-hydrogen) atoms. The Hall–Kier alpha value is -3.15. The standard InChI is InChI=1S/C29H26Cl2N6O2S2/c30-20-8-9-22(31)24(15-20)37-27(25-7-4-14-39-25)34-35-29(37)41-18-26-33-23(17-40-26)28(38)32-21-10-12-36(13-11-21)16-19-5-2-1-3-6-19/h1-9,14-15,17,21H,10-13,16,18H2,(H,32,38). The Morgan fingerprint density at radius 2 is 1.90 bits per heavy atom. The van der Waals surface area contributed by atoms with Crippen molar-refractivity contribution in [1.82, 2.24) is 30.0 Å². The van der Waals surface area contributed by atoms with E-state index in [2.05, 4.69) is 49.7 Å². The van der Waals surface area contributed by atoms with E-state index in [-0.39, 0.29) is 11.9 Å². The normalized spacial score (nSPS) is 14.4. The van der Waals surface area contributed by atoms with Gasteiger partial charge in [-0.2, -0.15) is 0 Å². The highest BCUT2D eigenvalue weighted by Gasteiger charge is 2.23. The largest absolute Gasteiger partial charge is 0.461 e. The molecule has 1 aliphatic rings. The number of likely N-dealkylation sites (tertiary alicyclic amines) is 1. The lowest BCUT2D eigenvalue weighted by Gasteiger charge is -2.32. The Kier molecular flexibility index (Phi) is 8.73. The molecule has 3 aromatic heterocycles. The van der Waals surface area contributed by atoms with Crippen LogP contribution in [0.1, 0.15) is 33.9 Å². The molecule has 0 saturated carbocycles. The first kappa shape index (κ1) is 28.0. The van der Waals surface area contributed by atoms with Crippen LogP contribution < -0.4 is 5.32 Å². The highest BCUT2D eigenvalue weighted by atomic mass is 35.5. The number of halogens is 2. The molecule has 1 aliphatic heterocycles. The van der Waals surface area contributed by atoms with Gasteiger partial charge in [0, 0.05) is 36.1 Å². The summed E-state index contributed by atoms with van der Waals surface area (Å²) in [6.45, 7) is 2.85. The van der Waals surface area contributed by atoms with Gasteiger partial charge < -0.3 is 9.73 Å². The average molecular weight is 626 g/mol. The summed E-state index contributed by atoms with van der Waals surface area (Å²) >= 11 is 15.7. The average Bonchev–Trinajstić information content (AvgIpc) is 3.76. The zero-order chi connectivity index (χ0) is 28.2. The van der Waals surface area contributed by atoms with Crippen molar-refractivity contribution in [2.24, 2.45) is 0 Å². The molecule has 0 aliphatic carbocycles. The van der Waals surface area contributed by atoms with Gasteiger partial charge in [0.2, 0.25) is 5.82 Å². The summed E-state index contributed by atoms with van der Waals surface area (Å²) in [5, 5.41) is 16.2. The van der Waals surface area contributed by atoms with Gasteiger partial charge in [0.1, 0.15) is 10.7 Å². The fourth-order valence-corrected chi connectivity index (χ4v) is 6.85. The summed E-state index contributed by atoms with van der Waals surface area (Å²) in [4.78, 5) is 20.0. The van der Waals surface area contributed by atoms with Gasteiger partial charge in [-0.15, -0.1) is 21.5 Å². The third kappa shape index (κ3) is 6.68. The molecule has 0 radical (unpaired) electrons. The van der Waals surface area contributed by atoms with E-state index < -0.39 is 0 Å². The molecule has 0 atom stereocenters. The van der Waals surface area contributed by atoms with E-state index in [4.69, 9.17) is 27.6 Å². The van der Waals surface area contributed by atoms with Crippen molar-refractivity contribution in [3.05, 3.63) is 98.6 Å². The van der Waals surface area contributed by atoms with Crippen molar-refractivity contribution >= 4 is 52.2 Å². The lowest BCUT2D eigenvalue weighted by Crippen LogP contribution is -2.44. The summed E-state index contributed by atoms with van der Waals surface area (Å²) in [5.41, 5.74) is 2.40. The quantitative estimate of drug-likeness (QED) is 0.177. The highest BCUT2D eigenvalue weighted by molar-refractivity contribution is 7.98. The Morgan fingerprint density at radius 3 is 2.68 bits per heavy atom. The molecule has 1 amide bonds. The number of carbonyl (C=O) groups excluding carboxylic acids is 1. The van der Waals surface area contributed by atoms with Crippen molar-refractivity contribution in [2.45, 2.75) is 36.3 Å². The van der Waals surface area contributed by atoms with Crippen molar-refractivity contribution in [1.29, 1.82) is 0 Å². The van der Waals surface area contributed by atoms with Crippen molar-refractivity contribution in [2.75, 3.05) is 13.1 Å². The molecule has 5 aromatic rings. The van der Waals surface area contributed by atoms with Gasteiger partial charge in [-0.25, -0.2) is 4.98 Å². The zero-order valence-corrected chi connectivity index (χ0v) is 25.0. The van der Waals surface area contributed by atoms with Crippen LogP contribution in [0.3, 0.4) is 0 Å². The number of nitrogens with one attached hydrogen (secondary N) is 1. The van der Waals surface area contributed by atoms with E-state index in [9.17, 15) is 4.79 Å². The topological polar surface area (TPSA) is 89.1 Å². The number of aromatic nitrogens is 4. The van der Waals surface area contributed by atoms with Crippen LogP contribution in [0.5, 0.6) is 0 Å². The second kappa shape index (κ2) is 12.8. The number of thiazole rings is 1. The first-order chi connectivity index (χ1) is 20.0. The Bertz CT molecular complexity index is 1620. The van der Waals surface area contributed by atoms with E-state index in [1.54, 1.807) is 30.5 Å². The molecule has 1 fully saturated rings. The number of rotatable bonds is 9. The fourth-order valence-electron chi connectivity index (χ4n) is 4.75. The van der Waals surface area contributed by atoms with Crippen LogP contribution in [-0.2, 0) is 12.3 Å². The number of furan rings is 1. The molecule has 4 heterocycles. The molecule has 1 saturated heterocycles. The van der Waals surface area contributed by atoms with Crippen LogP contribution in [0.15, 0.2) is 81.9 Å². The third-order valence-electron chi connectivity index (χ3n) is 6.80. The van der Waals surface area contributed by atoms with Gasteiger partial charge in [-0.1, -0.05) is 65.3 Å². The van der Waals surface area contributed by atoms with E-state index in [1.165, 1.54) is 28.7 Å². The zero-order valence-electron chi connectivity index (χ0n) is 21.9. The van der Waals surface area contributed by atoms with Crippen molar-refractivity contribution < 1.29 is 9.21 Å². The van der Waals surface area contributed by atoms with Gasteiger partial charge in [-0.05, 0) is 48.7 Å². The maximum Gasteiger partial charge on any atom is 0.270 e. The Morgan fingerprint density at radius 1 is 1.07 bits per heavy atom. The maximum atomic E-state index is 13.0. The lowest BCUT2D eigenvalue weighted by molar-refractivity contribution is 0.0904. The first-order valence-corrected chi connectivity index (χ1v) is 15.7. The van der Waals surface area contributed by atoms with E-state index in [0.29, 0.717) is 43.9 Å². The molecular formula is C29H26Cl2N6O2S2. The molecule has 0 bridgehead atoms. The number of piperidine rings is 1. The molecule has 8 nitrogen and oxygen atoms in total. The predicted molar refractivity (Wildman–Crippen MR) is 163 cm³/mol. The highest BCUT2D eigenvalue weighted by Crippen LogP contribution is 2.34. The van der Waals surface area contributed by atoms with Crippen LogP contribution >= 0.6 is 46.3 Å². The second-order valence-corrected chi connectivity index (χ2v) is 12.4. The summed E-state index contributed by atoms with van der Waals surface area (Å²) in [6, 6.07) is 19.5. The van der Waals surface area contributed by atoms with Crippen molar-refractivity contribution in [3.8, 4) is 17.3 Å². The lowest BCUT2D eigenvalue weighted by atomic mass is 10.0. The number of hydrogen-bond donors (Lipinski definition) is 1. The van der Waals surface area contributed by atoms with Crippen LogP contribution in [0.2, 0.25) is 10.0 Å². The van der Waals surface area contributed by atoms with Gasteiger partial charge in [0.15, 0.2) is 10.9 Å². The first-order valence-electron chi connectivity index (χ1n) is 13.1. The fraction of sp³-hybridized carbons (Fsp3) is 0.241. The van der Waals surface area contributed by atoms with Gasteiger partial charge in [0.25, 0.3) is 5.91 Å². The number of benzene rings is 2. The smallest absolute Gasteiger partial charge is 0.270 e. The van der Waals surface area contributed by atoms with Gasteiger partial charge in [-0.3, -0.25) is 14.3 Å². The molecular weight excluding hydrogens is 599 g/mol. The molecule has 1 N–H and O–H groups in total. The van der Waals surface area contributed by atoms with Crippen LogP contribution in [0.25, 0.3) is 17.3 Å². The number of amides is 1. The third-order valence-corrected chi connectivity index (χ3v) is 9.33. The summed E-state index contributed by atoms with van der Waals surface area (Å²) in [6.07, 6.45) is 3.42. The summed E-state index contributed by atoms with van der Waals surface area (Å²) < 4.78 is 7.41. The van der Waals surface area contributed by atoms with Crippen LogP contribution in [-0.4, -0.2) is 49.7 Å². The molecule has 12 heteroatoms. The molecule has 0 spiro atoms. The Balaban J connectivity index is 1.08. The summed E-state index contributed by atoms with van der Waals surface area (Å²) in [7, 11) is 0. The van der Waals surface area contributed by atoms with Crippen LogP contribution in [0.4, 0.5) is 0 Å². The number of thioether (sulfide) groups is 1. The minimum absolute atomic E-state index is 0.131. The molecule has 2 aromatic carbocycles. The second-order valence-electron chi connectivity index (χ2n) is 9.64. The Labute approximate surface area is 255 Å². The summed E-state index contributed by atoms with van der Waals surface area (Å²) in [5.74, 6) is 1.44. The maximum absolute atomic E-state index is 13.0. The monoisotopic (exact) mass is 624 g/mol. The van der Waals surface area contributed by atoms with Crippen LogP contribution in [0, 0.1) is 0 Å².